The minimum atomic E-state index is -0.454. The summed E-state index contributed by atoms with van der Waals surface area (Å²) in [5, 5.41) is 14.5. The number of nitro benzene ring substituents is 1. The number of benzene rings is 2. The Bertz CT molecular complexity index is 956. The summed E-state index contributed by atoms with van der Waals surface area (Å²) < 4.78 is 6.00. The van der Waals surface area contributed by atoms with Crippen LogP contribution in [0.1, 0.15) is 5.56 Å². The summed E-state index contributed by atoms with van der Waals surface area (Å²) in [7, 11) is 0. The highest BCUT2D eigenvalue weighted by atomic mass is 35.5. The quantitative estimate of drug-likeness (QED) is 0.531. The Kier molecular flexibility index (Phi) is 4.82. The lowest BCUT2D eigenvalue weighted by Gasteiger charge is -2.05. The molecule has 0 radical (unpaired) electrons. The van der Waals surface area contributed by atoms with Gasteiger partial charge in [-0.25, -0.2) is 4.98 Å². The number of carbonyl (C=O) groups excluding carboxylic acids is 1. The third kappa shape index (κ3) is 4.04. The molecule has 1 amide bonds. The molecule has 0 spiro atoms. The molecule has 0 bridgehead atoms. The number of nitrogens with one attached hydrogen (secondary N) is 1. The van der Waals surface area contributed by atoms with Gasteiger partial charge in [-0.05, 0) is 36.8 Å². The second-order valence-corrected chi connectivity index (χ2v) is 6.64. The summed E-state index contributed by atoms with van der Waals surface area (Å²) in [4.78, 5) is 26.8. The Balaban J connectivity index is 1.69. The maximum absolute atomic E-state index is 12.0. The second-order valence-electron chi connectivity index (χ2n) is 5.18. The fourth-order valence-corrected chi connectivity index (χ4v) is 3.29. The van der Waals surface area contributed by atoms with Crippen LogP contribution in [-0.4, -0.2) is 22.4 Å². The van der Waals surface area contributed by atoms with Crippen molar-refractivity contribution in [2.24, 2.45) is 0 Å². The molecule has 0 saturated heterocycles. The van der Waals surface area contributed by atoms with Gasteiger partial charge in [0.25, 0.3) is 11.6 Å². The largest absolute Gasteiger partial charge is 0.484 e. The average molecular weight is 378 g/mol. The summed E-state index contributed by atoms with van der Waals surface area (Å²) in [6, 6.07) is 9.55. The van der Waals surface area contributed by atoms with Gasteiger partial charge >= 0.3 is 0 Å². The van der Waals surface area contributed by atoms with E-state index in [1.807, 2.05) is 0 Å². The van der Waals surface area contributed by atoms with Gasteiger partial charge in [-0.3, -0.25) is 20.2 Å². The Labute approximate surface area is 151 Å². The van der Waals surface area contributed by atoms with Crippen LogP contribution in [0.3, 0.4) is 0 Å². The maximum Gasteiger partial charge on any atom is 0.271 e. The van der Waals surface area contributed by atoms with E-state index >= 15 is 0 Å². The van der Waals surface area contributed by atoms with E-state index in [9.17, 15) is 14.9 Å². The molecule has 25 heavy (non-hydrogen) atoms. The molecule has 0 unspecified atom stereocenters. The zero-order valence-corrected chi connectivity index (χ0v) is 14.6. The van der Waals surface area contributed by atoms with Gasteiger partial charge in [0.05, 0.1) is 15.1 Å². The van der Waals surface area contributed by atoms with Gasteiger partial charge in [-0.2, -0.15) is 0 Å². The molecule has 0 aliphatic rings. The van der Waals surface area contributed by atoms with Crippen molar-refractivity contribution in [3.63, 3.8) is 0 Å². The van der Waals surface area contributed by atoms with Crippen LogP contribution in [-0.2, 0) is 4.79 Å². The highest BCUT2D eigenvalue weighted by Gasteiger charge is 2.15. The van der Waals surface area contributed by atoms with Gasteiger partial charge in [-0.1, -0.05) is 22.9 Å². The SMILES string of the molecule is Cc1cc([N+](=O)[O-])cc2sc(NC(=O)COc3ccc(Cl)cc3)nc12. The van der Waals surface area contributed by atoms with Crippen LogP contribution in [0.2, 0.25) is 5.02 Å². The van der Waals surface area contributed by atoms with Gasteiger partial charge in [0.2, 0.25) is 0 Å². The zero-order chi connectivity index (χ0) is 18.0. The predicted molar refractivity (Wildman–Crippen MR) is 96.6 cm³/mol. The van der Waals surface area contributed by atoms with E-state index in [0.29, 0.717) is 31.7 Å². The van der Waals surface area contributed by atoms with Crippen molar-refractivity contribution in [1.29, 1.82) is 0 Å². The minimum absolute atomic E-state index is 0.00222. The summed E-state index contributed by atoms with van der Waals surface area (Å²) in [6.45, 7) is 1.56. The van der Waals surface area contributed by atoms with Gasteiger partial charge in [0.15, 0.2) is 11.7 Å². The molecule has 7 nitrogen and oxygen atoms in total. The molecule has 1 N–H and O–H groups in total. The number of anilines is 1. The van der Waals surface area contributed by atoms with Gasteiger partial charge in [0.1, 0.15) is 5.75 Å². The number of non-ortho nitro benzene ring substituents is 1. The van der Waals surface area contributed by atoms with E-state index < -0.39 is 4.92 Å². The zero-order valence-electron chi connectivity index (χ0n) is 13.0. The summed E-state index contributed by atoms with van der Waals surface area (Å²) >= 11 is 6.95. The van der Waals surface area contributed by atoms with Crippen LogP contribution in [0.15, 0.2) is 36.4 Å². The number of halogens is 1. The lowest BCUT2D eigenvalue weighted by molar-refractivity contribution is -0.384. The highest BCUT2D eigenvalue weighted by Crippen LogP contribution is 2.31. The van der Waals surface area contributed by atoms with E-state index in [1.165, 1.54) is 23.5 Å². The van der Waals surface area contributed by atoms with Crippen LogP contribution in [0.5, 0.6) is 5.75 Å². The molecule has 1 aromatic heterocycles. The smallest absolute Gasteiger partial charge is 0.271 e. The highest BCUT2D eigenvalue weighted by molar-refractivity contribution is 7.22. The van der Waals surface area contributed by atoms with Crippen LogP contribution < -0.4 is 10.1 Å². The Morgan fingerprint density at radius 2 is 2.08 bits per heavy atom. The number of carbonyl (C=O) groups is 1. The molecule has 2 aromatic carbocycles. The van der Waals surface area contributed by atoms with Crippen LogP contribution >= 0.6 is 22.9 Å². The molecular weight excluding hydrogens is 366 g/mol. The number of rotatable bonds is 5. The number of hydrogen-bond acceptors (Lipinski definition) is 6. The molecule has 1 heterocycles. The van der Waals surface area contributed by atoms with Crippen LogP contribution in [0.25, 0.3) is 10.2 Å². The number of aromatic nitrogens is 1. The third-order valence-corrected chi connectivity index (χ3v) is 4.48. The first-order valence-electron chi connectivity index (χ1n) is 7.16. The number of hydrogen-bond donors (Lipinski definition) is 1. The van der Waals surface area contributed by atoms with Crippen molar-refractivity contribution in [3.05, 3.63) is 57.1 Å². The number of ether oxygens (including phenoxy) is 1. The third-order valence-electron chi connectivity index (χ3n) is 3.31. The van der Waals surface area contributed by atoms with Gasteiger partial charge in [0, 0.05) is 17.2 Å². The second kappa shape index (κ2) is 7.04. The predicted octanol–water partition coefficient (Wildman–Crippen LogP) is 4.18. The topological polar surface area (TPSA) is 94.4 Å². The molecular formula is C16H12ClN3O4S. The Morgan fingerprint density at radius 1 is 1.36 bits per heavy atom. The number of thiazole rings is 1. The summed E-state index contributed by atoms with van der Waals surface area (Å²) in [5.41, 5.74) is 1.31. The summed E-state index contributed by atoms with van der Waals surface area (Å²) in [5.74, 6) is 0.150. The number of amides is 1. The standard InChI is InChI=1S/C16H12ClN3O4S/c1-9-6-11(20(22)23)7-13-15(9)19-16(25-13)18-14(21)8-24-12-4-2-10(17)3-5-12/h2-7H,8H2,1H3,(H,18,19,21). The number of nitrogens with zero attached hydrogens (tertiary/aromatic N) is 2. The van der Waals surface area contributed by atoms with Crippen molar-refractivity contribution < 1.29 is 14.5 Å². The first-order chi connectivity index (χ1) is 11.9. The number of fused-ring (bicyclic) bond motifs is 1. The van der Waals surface area contributed by atoms with Crippen LogP contribution in [0, 0.1) is 17.0 Å². The Morgan fingerprint density at radius 3 is 2.76 bits per heavy atom. The molecule has 3 aromatic rings. The molecule has 0 fully saturated rings. The number of nitro groups is 1. The van der Waals surface area contributed by atoms with E-state index in [1.54, 1.807) is 31.2 Å². The summed E-state index contributed by atoms with van der Waals surface area (Å²) in [6.07, 6.45) is 0. The van der Waals surface area contributed by atoms with Crippen molar-refractivity contribution in [1.82, 2.24) is 4.98 Å². The van der Waals surface area contributed by atoms with Gasteiger partial charge < -0.3 is 4.74 Å². The molecule has 9 heteroatoms. The lowest BCUT2D eigenvalue weighted by atomic mass is 10.2. The first kappa shape index (κ1) is 17.1. The molecule has 3 rings (SSSR count). The molecule has 0 saturated carbocycles. The van der Waals surface area contributed by atoms with Crippen molar-refractivity contribution in [2.75, 3.05) is 11.9 Å². The maximum atomic E-state index is 12.0. The minimum Gasteiger partial charge on any atom is -0.484 e. The van der Waals surface area contributed by atoms with Crippen molar-refractivity contribution in [2.45, 2.75) is 6.92 Å². The molecule has 128 valence electrons. The first-order valence-corrected chi connectivity index (χ1v) is 8.35. The van der Waals surface area contributed by atoms with E-state index in [0.717, 1.165) is 0 Å². The molecule has 0 atom stereocenters. The number of aryl methyl sites for hydroxylation is 1. The molecule has 0 aliphatic carbocycles. The van der Waals surface area contributed by atoms with E-state index in [-0.39, 0.29) is 18.2 Å². The molecule has 0 aliphatic heterocycles. The fraction of sp³-hybridized carbons (Fsp3) is 0.125. The fourth-order valence-electron chi connectivity index (χ4n) is 2.17. The van der Waals surface area contributed by atoms with Gasteiger partial charge in [-0.15, -0.1) is 0 Å². The monoisotopic (exact) mass is 377 g/mol. The normalized spacial score (nSPS) is 10.6. The van der Waals surface area contributed by atoms with E-state index in [2.05, 4.69) is 10.3 Å². The lowest BCUT2D eigenvalue weighted by Crippen LogP contribution is -2.19. The Hall–Kier alpha value is -2.71. The van der Waals surface area contributed by atoms with Crippen molar-refractivity contribution >= 4 is 49.9 Å². The van der Waals surface area contributed by atoms with E-state index in [4.69, 9.17) is 16.3 Å². The van der Waals surface area contributed by atoms with Crippen molar-refractivity contribution in [3.8, 4) is 5.75 Å². The van der Waals surface area contributed by atoms with Crippen LogP contribution in [0.4, 0.5) is 10.8 Å². The average Bonchev–Trinajstić information content (AvgIpc) is 2.97.